The Morgan fingerprint density at radius 3 is 2.69 bits per heavy atom. The van der Waals surface area contributed by atoms with Crippen LogP contribution in [0.1, 0.15) is 5.56 Å². The second-order valence-corrected chi connectivity index (χ2v) is 5.43. The largest absolute Gasteiger partial charge is 0.489 e. The van der Waals surface area contributed by atoms with Crippen molar-refractivity contribution in [3.63, 3.8) is 0 Å². The number of nitro groups is 1. The van der Waals surface area contributed by atoms with Crippen LogP contribution in [-0.2, 0) is 9.53 Å². The number of nitrogens with one attached hydrogen (secondary N) is 1. The fourth-order valence-electron chi connectivity index (χ4n) is 2.11. The molecule has 0 saturated carbocycles. The van der Waals surface area contributed by atoms with Gasteiger partial charge in [0.2, 0.25) is 0 Å². The van der Waals surface area contributed by atoms with E-state index < -0.39 is 10.8 Å². The first-order chi connectivity index (χ1) is 12.5. The molecule has 0 aliphatic rings. The Balaban J connectivity index is 1.97. The predicted octanol–water partition coefficient (Wildman–Crippen LogP) is 2.95. The zero-order valence-electron chi connectivity index (χ0n) is 14.6. The molecule has 8 nitrogen and oxygen atoms in total. The molecule has 2 aromatic carbocycles. The molecular formula is C18H20N2O6. The van der Waals surface area contributed by atoms with Crippen LogP contribution in [-0.4, -0.2) is 37.8 Å². The zero-order valence-corrected chi connectivity index (χ0v) is 14.6. The van der Waals surface area contributed by atoms with Crippen LogP contribution in [0.15, 0.2) is 42.5 Å². The van der Waals surface area contributed by atoms with Gasteiger partial charge in [-0.2, -0.15) is 0 Å². The lowest BCUT2D eigenvalue weighted by molar-refractivity contribution is -0.384. The highest BCUT2D eigenvalue weighted by molar-refractivity contribution is 5.93. The number of nitrogens with zero attached hydrogens (tertiary/aromatic N) is 1. The number of hydrogen-bond donors (Lipinski definition) is 1. The molecule has 0 heterocycles. The highest BCUT2D eigenvalue weighted by Crippen LogP contribution is 2.26. The van der Waals surface area contributed by atoms with Crippen molar-refractivity contribution in [2.75, 3.05) is 32.2 Å². The molecule has 0 aromatic heterocycles. The highest BCUT2D eigenvalue weighted by atomic mass is 16.6. The molecule has 0 unspecified atom stereocenters. The van der Waals surface area contributed by atoms with Crippen LogP contribution >= 0.6 is 0 Å². The third-order valence-corrected chi connectivity index (χ3v) is 3.35. The van der Waals surface area contributed by atoms with Gasteiger partial charge in [-0.05, 0) is 30.7 Å². The van der Waals surface area contributed by atoms with E-state index in [-0.39, 0.29) is 18.0 Å². The van der Waals surface area contributed by atoms with Gasteiger partial charge in [-0.1, -0.05) is 12.1 Å². The van der Waals surface area contributed by atoms with Crippen molar-refractivity contribution >= 4 is 17.3 Å². The van der Waals surface area contributed by atoms with Crippen LogP contribution in [0.5, 0.6) is 11.5 Å². The van der Waals surface area contributed by atoms with Gasteiger partial charge in [0.1, 0.15) is 18.1 Å². The summed E-state index contributed by atoms with van der Waals surface area (Å²) in [6, 6.07) is 11.1. The first-order valence-corrected chi connectivity index (χ1v) is 7.89. The van der Waals surface area contributed by atoms with Crippen molar-refractivity contribution in [2.45, 2.75) is 6.92 Å². The summed E-state index contributed by atoms with van der Waals surface area (Å²) in [6.07, 6.45) is 0. The van der Waals surface area contributed by atoms with E-state index in [4.69, 9.17) is 14.2 Å². The SMILES string of the molecule is COCCOc1cc(C)ccc1NC(=O)COc1cccc([N+](=O)[O-])c1. The normalized spacial score (nSPS) is 10.2. The van der Waals surface area contributed by atoms with Gasteiger partial charge in [-0.3, -0.25) is 14.9 Å². The molecule has 8 heteroatoms. The molecule has 0 saturated heterocycles. The number of amides is 1. The lowest BCUT2D eigenvalue weighted by Gasteiger charge is -2.13. The lowest BCUT2D eigenvalue weighted by Crippen LogP contribution is -2.21. The van der Waals surface area contributed by atoms with Gasteiger partial charge in [-0.15, -0.1) is 0 Å². The van der Waals surface area contributed by atoms with Crippen molar-refractivity contribution in [2.24, 2.45) is 0 Å². The van der Waals surface area contributed by atoms with Gasteiger partial charge in [-0.25, -0.2) is 0 Å². The summed E-state index contributed by atoms with van der Waals surface area (Å²) in [6.45, 7) is 2.41. The van der Waals surface area contributed by atoms with E-state index in [0.717, 1.165) is 5.56 Å². The number of nitro benzene ring substituents is 1. The van der Waals surface area contributed by atoms with E-state index >= 15 is 0 Å². The van der Waals surface area contributed by atoms with E-state index in [1.165, 1.54) is 18.2 Å². The quantitative estimate of drug-likeness (QED) is 0.419. The summed E-state index contributed by atoms with van der Waals surface area (Å²) in [5, 5.41) is 13.5. The summed E-state index contributed by atoms with van der Waals surface area (Å²) in [5.74, 6) is 0.373. The number of ether oxygens (including phenoxy) is 3. The average Bonchev–Trinajstić information content (AvgIpc) is 2.62. The van der Waals surface area contributed by atoms with Gasteiger partial charge in [0, 0.05) is 13.2 Å². The standard InChI is InChI=1S/C18H20N2O6/c1-13-6-7-16(17(10-13)25-9-8-24-2)19-18(21)12-26-15-5-3-4-14(11-15)20(22)23/h3-7,10-11H,8-9,12H2,1-2H3,(H,19,21). The maximum Gasteiger partial charge on any atom is 0.273 e. The highest BCUT2D eigenvalue weighted by Gasteiger charge is 2.11. The van der Waals surface area contributed by atoms with Crippen molar-refractivity contribution in [1.82, 2.24) is 0 Å². The minimum absolute atomic E-state index is 0.102. The molecule has 0 radical (unpaired) electrons. The van der Waals surface area contributed by atoms with Crippen LogP contribution in [0.2, 0.25) is 0 Å². The fourth-order valence-corrected chi connectivity index (χ4v) is 2.11. The van der Waals surface area contributed by atoms with E-state index in [0.29, 0.717) is 24.7 Å². The number of benzene rings is 2. The minimum Gasteiger partial charge on any atom is -0.489 e. The Hall–Kier alpha value is -3.13. The maximum absolute atomic E-state index is 12.1. The number of methoxy groups -OCH3 is 1. The van der Waals surface area contributed by atoms with Crippen molar-refractivity contribution in [1.29, 1.82) is 0 Å². The van der Waals surface area contributed by atoms with Gasteiger partial charge < -0.3 is 19.5 Å². The van der Waals surface area contributed by atoms with Gasteiger partial charge >= 0.3 is 0 Å². The van der Waals surface area contributed by atoms with E-state index in [1.54, 1.807) is 19.2 Å². The smallest absolute Gasteiger partial charge is 0.273 e. The molecule has 0 spiro atoms. The molecule has 2 rings (SSSR count). The van der Waals surface area contributed by atoms with Crippen LogP contribution < -0.4 is 14.8 Å². The number of carbonyl (C=O) groups is 1. The van der Waals surface area contributed by atoms with Crippen LogP contribution in [0.3, 0.4) is 0 Å². The predicted molar refractivity (Wildman–Crippen MR) is 95.8 cm³/mol. The molecule has 2 aromatic rings. The fraction of sp³-hybridized carbons (Fsp3) is 0.278. The summed E-state index contributed by atoms with van der Waals surface area (Å²) in [7, 11) is 1.58. The summed E-state index contributed by atoms with van der Waals surface area (Å²) >= 11 is 0. The minimum atomic E-state index is -0.525. The Bertz CT molecular complexity index is 778. The Morgan fingerprint density at radius 1 is 1.15 bits per heavy atom. The lowest BCUT2D eigenvalue weighted by atomic mass is 10.2. The van der Waals surface area contributed by atoms with E-state index in [2.05, 4.69) is 5.32 Å². The third kappa shape index (κ3) is 5.75. The third-order valence-electron chi connectivity index (χ3n) is 3.35. The zero-order chi connectivity index (χ0) is 18.9. The van der Waals surface area contributed by atoms with Gasteiger partial charge in [0.15, 0.2) is 6.61 Å². The second kappa shape index (κ2) is 9.38. The maximum atomic E-state index is 12.1. The molecule has 0 bridgehead atoms. The molecule has 0 fully saturated rings. The number of non-ortho nitro benzene ring substituents is 1. The average molecular weight is 360 g/mol. The number of aryl methyl sites for hydroxylation is 1. The molecule has 138 valence electrons. The Morgan fingerprint density at radius 2 is 1.96 bits per heavy atom. The topological polar surface area (TPSA) is 99.9 Å². The van der Waals surface area contributed by atoms with E-state index in [1.807, 2.05) is 19.1 Å². The summed E-state index contributed by atoms with van der Waals surface area (Å²) < 4.78 is 15.9. The number of anilines is 1. The number of rotatable bonds is 9. The van der Waals surface area contributed by atoms with Crippen LogP contribution in [0.4, 0.5) is 11.4 Å². The van der Waals surface area contributed by atoms with Crippen molar-refractivity contribution in [3.05, 3.63) is 58.1 Å². The number of hydrogen-bond acceptors (Lipinski definition) is 6. The first-order valence-electron chi connectivity index (χ1n) is 7.89. The molecule has 0 aliphatic heterocycles. The molecule has 0 aliphatic carbocycles. The van der Waals surface area contributed by atoms with Crippen molar-refractivity contribution in [3.8, 4) is 11.5 Å². The molecule has 1 N–H and O–H groups in total. The Labute approximate surface area is 150 Å². The molecule has 0 atom stereocenters. The second-order valence-electron chi connectivity index (χ2n) is 5.43. The Kier molecular flexibility index (Phi) is 6.92. The van der Waals surface area contributed by atoms with Gasteiger partial charge in [0.25, 0.3) is 11.6 Å². The summed E-state index contributed by atoms with van der Waals surface area (Å²) in [5.41, 5.74) is 1.40. The monoisotopic (exact) mass is 360 g/mol. The number of carbonyl (C=O) groups excluding carboxylic acids is 1. The molecular weight excluding hydrogens is 340 g/mol. The van der Waals surface area contributed by atoms with Gasteiger partial charge in [0.05, 0.1) is 23.3 Å². The first kappa shape index (κ1) is 19.2. The van der Waals surface area contributed by atoms with Crippen molar-refractivity contribution < 1.29 is 23.9 Å². The molecule has 1 amide bonds. The van der Waals surface area contributed by atoms with E-state index in [9.17, 15) is 14.9 Å². The molecule has 26 heavy (non-hydrogen) atoms. The summed E-state index contributed by atoms with van der Waals surface area (Å²) in [4.78, 5) is 22.3. The van der Waals surface area contributed by atoms with Crippen LogP contribution in [0, 0.1) is 17.0 Å². The van der Waals surface area contributed by atoms with Crippen LogP contribution in [0.25, 0.3) is 0 Å².